The summed E-state index contributed by atoms with van der Waals surface area (Å²) in [5.41, 5.74) is 1.59. The van der Waals surface area contributed by atoms with Crippen LogP contribution in [0.4, 0.5) is 9.18 Å². The Balaban J connectivity index is 1.68. The zero-order valence-corrected chi connectivity index (χ0v) is 20.2. The molecule has 9 heteroatoms. The van der Waals surface area contributed by atoms with Gasteiger partial charge in [-0.15, -0.1) is 0 Å². The third-order valence-electron chi connectivity index (χ3n) is 7.01. The molecule has 1 unspecified atom stereocenters. The third-order valence-corrected chi connectivity index (χ3v) is 7.01. The Kier molecular flexibility index (Phi) is 5.47. The van der Waals surface area contributed by atoms with Crippen LogP contribution < -0.4 is 10.1 Å². The molecule has 2 aromatic carbocycles. The van der Waals surface area contributed by atoms with Crippen molar-refractivity contribution in [3.8, 4) is 11.5 Å². The van der Waals surface area contributed by atoms with E-state index < -0.39 is 17.4 Å². The second kappa shape index (κ2) is 8.27. The smallest absolute Gasteiger partial charge is 0.328 e. The Morgan fingerprint density at radius 1 is 1.29 bits per heavy atom. The number of imide groups is 1. The molecule has 3 amide bonds. The van der Waals surface area contributed by atoms with Crippen LogP contribution in [0.25, 0.3) is 10.9 Å². The Morgan fingerprint density at radius 3 is 2.74 bits per heavy atom. The highest BCUT2D eigenvalue weighted by atomic mass is 19.1. The van der Waals surface area contributed by atoms with Crippen molar-refractivity contribution in [1.29, 1.82) is 0 Å². The fraction of sp³-hybridized carbons (Fsp3) is 0.385. The fourth-order valence-corrected chi connectivity index (χ4v) is 5.38. The summed E-state index contributed by atoms with van der Waals surface area (Å²) in [6.07, 6.45) is 0.269. The average molecular weight is 481 g/mol. The number of ether oxygens (including phenoxy) is 1. The Morgan fingerprint density at radius 2 is 2.06 bits per heavy atom. The van der Waals surface area contributed by atoms with Gasteiger partial charge >= 0.3 is 6.03 Å². The van der Waals surface area contributed by atoms with Gasteiger partial charge in [-0.05, 0) is 36.2 Å². The third kappa shape index (κ3) is 3.53. The second-order valence-corrected chi connectivity index (χ2v) is 9.72. The maximum Gasteiger partial charge on any atom is 0.328 e. The van der Waals surface area contributed by atoms with Gasteiger partial charge in [0.25, 0.3) is 5.91 Å². The normalized spacial score (nSPS) is 21.7. The highest BCUT2D eigenvalue weighted by Crippen LogP contribution is 2.49. The van der Waals surface area contributed by atoms with Crippen LogP contribution in [-0.4, -0.2) is 63.6 Å². The number of aromatic hydroxyl groups is 1. The Labute approximate surface area is 202 Å². The number of H-pyrrole nitrogens is 1. The minimum absolute atomic E-state index is 0.0520. The van der Waals surface area contributed by atoms with Crippen LogP contribution in [-0.2, 0) is 11.2 Å². The zero-order valence-electron chi connectivity index (χ0n) is 20.2. The first-order valence-electron chi connectivity index (χ1n) is 11.7. The number of urea groups is 1. The largest absolute Gasteiger partial charge is 0.508 e. The lowest BCUT2D eigenvalue weighted by Gasteiger charge is -2.42. The molecule has 35 heavy (non-hydrogen) atoms. The van der Waals surface area contributed by atoms with E-state index in [0.29, 0.717) is 23.3 Å². The highest BCUT2D eigenvalue weighted by molar-refractivity contribution is 6.08. The van der Waals surface area contributed by atoms with Crippen molar-refractivity contribution in [3.05, 3.63) is 59.0 Å². The summed E-state index contributed by atoms with van der Waals surface area (Å²) in [5, 5.41) is 14.2. The summed E-state index contributed by atoms with van der Waals surface area (Å²) in [7, 11) is 1.41. The molecule has 3 N–H and O–H groups in total. The fourth-order valence-electron chi connectivity index (χ4n) is 5.38. The van der Waals surface area contributed by atoms with Gasteiger partial charge in [-0.3, -0.25) is 14.6 Å². The number of fused-ring (bicyclic) bond motifs is 4. The number of aromatic amines is 1. The van der Waals surface area contributed by atoms with Crippen molar-refractivity contribution >= 4 is 22.8 Å². The van der Waals surface area contributed by atoms with Crippen LogP contribution >= 0.6 is 0 Å². The number of nitrogens with zero attached hydrogens (tertiary/aromatic N) is 2. The molecule has 1 fully saturated rings. The first kappa shape index (κ1) is 23.2. The van der Waals surface area contributed by atoms with Crippen molar-refractivity contribution in [2.45, 2.75) is 44.8 Å². The predicted octanol–water partition coefficient (Wildman–Crippen LogP) is 3.69. The van der Waals surface area contributed by atoms with E-state index in [1.165, 1.54) is 18.1 Å². The number of hydrogen-bond donors (Lipinski definition) is 3. The molecule has 0 bridgehead atoms. The predicted molar refractivity (Wildman–Crippen MR) is 129 cm³/mol. The van der Waals surface area contributed by atoms with Crippen LogP contribution in [0.15, 0.2) is 36.4 Å². The van der Waals surface area contributed by atoms with E-state index >= 15 is 0 Å². The minimum atomic E-state index is -1.14. The number of carbonyl (C=O) groups is 2. The SMILES string of the molecule is COc1cc2c3c([nH]c2cc1F)C(c1cccc(O)c1)N1C(=O)N(CCNC(C)C)C(=O)[C@]1(C)C3. The number of phenols is 1. The summed E-state index contributed by atoms with van der Waals surface area (Å²) >= 11 is 0. The number of rotatable bonds is 6. The van der Waals surface area contributed by atoms with Gasteiger partial charge in [-0.1, -0.05) is 26.0 Å². The van der Waals surface area contributed by atoms with E-state index in [1.54, 1.807) is 36.1 Å². The number of hydrogen-bond acceptors (Lipinski definition) is 5. The minimum Gasteiger partial charge on any atom is -0.508 e. The molecular formula is C26H29FN4O4. The first-order valence-corrected chi connectivity index (χ1v) is 11.7. The number of carbonyl (C=O) groups excluding carboxylic acids is 2. The van der Waals surface area contributed by atoms with Gasteiger partial charge in [0.15, 0.2) is 11.6 Å². The summed E-state index contributed by atoms with van der Waals surface area (Å²) in [4.78, 5) is 33.7. The van der Waals surface area contributed by atoms with Gasteiger partial charge in [0, 0.05) is 48.2 Å². The molecule has 8 nitrogen and oxygen atoms in total. The quantitative estimate of drug-likeness (QED) is 0.468. The van der Waals surface area contributed by atoms with E-state index in [-0.39, 0.29) is 42.4 Å². The molecule has 2 aliphatic heterocycles. The number of aromatic nitrogens is 1. The summed E-state index contributed by atoms with van der Waals surface area (Å²) in [6.45, 7) is 6.53. The molecule has 3 heterocycles. The van der Waals surface area contributed by atoms with E-state index in [4.69, 9.17) is 4.74 Å². The molecule has 2 atom stereocenters. The highest BCUT2D eigenvalue weighted by Gasteiger charge is 2.60. The summed E-state index contributed by atoms with van der Waals surface area (Å²) in [5.74, 6) is -0.616. The Hall–Kier alpha value is -3.59. The van der Waals surface area contributed by atoms with Crippen molar-refractivity contribution in [2.75, 3.05) is 20.2 Å². The number of amides is 3. The standard InChI is InChI=1S/C26H29FN4O4/c1-14(2)28-8-9-30-24(33)26(3)13-18-17-11-21(35-4)19(27)12-20(17)29-22(18)23(31(26)25(30)34)15-6-5-7-16(32)10-15/h5-7,10-12,14,23,28-29,32H,8-9,13H2,1-4H3/t23?,26-/m0/s1. The van der Waals surface area contributed by atoms with Gasteiger partial charge < -0.3 is 20.1 Å². The van der Waals surface area contributed by atoms with Crippen LogP contribution in [0.2, 0.25) is 0 Å². The van der Waals surface area contributed by atoms with Crippen molar-refractivity contribution in [2.24, 2.45) is 0 Å². The maximum atomic E-state index is 14.5. The zero-order chi connectivity index (χ0) is 25.1. The van der Waals surface area contributed by atoms with E-state index in [0.717, 1.165) is 10.9 Å². The first-order chi connectivity index (χ1) is 16.7. The van der Waals surface area contributed by atoms with E-state index in [1.807, 2.05) is 19.9 Å². The average Bonchev–Trinajstić information content (AvgIpc) is 3.23. The van der Waals surface area contributed by atoms with E-state index in [9.17, 15) is 19.1 Å². The molecule has 1 aromatic heterocycles. The van der Waals surface area contributed by atoms with Crippen LogP contribution in [0.5, 0.6) is 11.5 Å². The summed E-state index contributed by atoms with van der Waals surface area (Å²) < 4.78 is 19.7. The number of phenolic OH excluding ortho intramolecular Hbond substituents is 1. The molecule has 0 radical (unpaired) electrons. The van der Waals surface area contributed by atoms with Gasteiger partial charge in [0.05, 0.1) is 7.11 Å². The molecule has 5 rings (SSSR count). The van der Waals surface area contributed by atoms with Crippen molar-refractivity contribution in [3.63, 3.8) is 0 Å². The lowest BCUT2D eigenvalue weighted by Crippen LogP contribution is -2.53. The topological polar surface area (TPSA) is 97.9 Å². The second-order valence-electron chi connectivity index (χ2n) is 9.72. The van der Waals surface area contributed by atoms with Gasteiger partial charge in [0.2, 0.25) is 0 Å². The van der Waals surface area contributed by atoms with Gasteiger partial charge in [-0.25, -0.2) is 9.18 Å². The molecule has 184 valence electrons. The van der Waals surface area contributed by atoms with Crippen LogP contribution in [0, 0.1) is 5.82 Å². The number of nitrogens with one attached hydrogen (secondary N) is 2. The van der Waals surface area contributed by atoms with Crippen molar-refractivity contribution in [1.82, 2.24) is 20.1 Å². The number of benzene rings is 2. The monoisotopic (exact) mass is 480 g/mol. The molecular weight excluding hydrogens is 451 g/mol. The molecule has 0 saturated carbocycles. The number of halogens is 1. The number of methoxy groups -OCH3 is 1. The molecule has 3 aromatic rings. The summed E-state index contributed by atoms with van der Waals surface area (Å²) in [6, 6.07) is 8.83. The Bertz CT molecular complexity index is 1340. The van der Waals surface area contributed by atoms with E-state index in [2.05, 4.69) is 10.3 Å². The van der Waals surface area contributed by atoms with Gasteiger partial charge in [0.1, 0.15) is 17.3 Å². The van der Waals surface area contributed by atoms with Crippen LogP contribution in [0.3, 0.4) is 0 Å². The molecule has 0 spiro atoms. The van der Waals surface area contributed by atoms with Crippen LogP contribution in [0.1, 0.15) is 43.6 Å². The van der Waals surface area contributed by atoms with Gasteiger partial charge in [-0.2, -0.15) is 0 Å². The maximum absolute atomic E-state index is 14.5. The molecule has 0 aliphatic carbocycles. The molecule has 2 aliphatic rings. The lowest BCUT2D eigenvalue weighted by atomic mass is 9.81. The molecule has 1 saturated heterocycles. The van der Waals surface area contributed by atoms with Crippen molar-refractivity contribution < 1.29 is 23.8 Å². The lowest BCUT2D eigenvalue weighted by molar-refractivity contribution is -0.133.